The van der Waals surface area contributed by atoms with Crippen molar-refractivity contribution in [3.8, 4) is 0 Å². The van der Waals surface area contributed by atoms with Gasteiger partial charge in [-0.15, -0.1) is 0 Å². The van der Waals surface area contributed by atoms with Crippen LogP contribution >= 0.6 is 31.9 Å². The van der Waals surface area contributed by atoms with Crippen molar-refractivity contribution in [1.29, 1.82) is 0 Å². The number of aromatic nitrogens is 1. The van der Waals surface area contributed by atoms with E-state index in [0.29, 0.717) is 5.69 Å². The predicted molar refractivity (Wildman–Crippen MR) is 87.3 cm³/mol. The largest absolute Gasteiger partial charge is 0.397 e. The highest BCUT2D eigenvalue weighted by Gasteiger charge is 2.12. The van der Waals surface area contributed by atoms with Crippen molar-refractivity contribution in [2.24, 2.45) is 0 Å². The molecule has 2 rings (SSSR count). The first kappa shape index (κ1) is 14.3. The Morgan fingerprint density at radius 3 is 2.74 bits per heavy atom. The highest BCUT2D eigenvalue weighted by Crippen LogP contribution is 2.30. The summed E-state index contributed by atoms with van der Waals surface area (Å²) >= 11 is 7.05. The zero-order valence-electron chi connectivity index (χ0n) is 10.8. The summed E-state index contributed by atoms with van der Waals surface area (Å²) in [7, 11) is 2.02. The van der Waals surface area contributed by atoms with Crippen molar-refractivity contribution >= 4 is 43.4 Å². The van der Waals surface area contributed by atoms with Gasteiger partial charge in [0.2, 0.25) is 0 Å². The third-order valence-corrected chi connectivity index (χ3v) is 4.40. The molecule has 0 saturated carbocycles. The topological polar surface area (TPSA) is 42.1 Å². The van der Waals surface area contributed by atoms with Gasteiger partial charge in [0.1, 0.15) is 5.82 Å². The molecule has 0 bridgehead atoms. The number of rotatable bonds is 3. The van der Waals surface area contributed by atoms with E-state index in [2.05, 4.69) is 53.9 Å². The van der Waals surface area contributed by atoms with Gasteiger partial charge in [0.25, 0.3) is 0 Å². The molecule has 0 aliphatic rings. The number of benzene rings is 1. The van der Waals surface area contributed by atoms with Crippen molar-refractivity contribution < 1.29 is 0 Å². The minimum absolute atomic E-state index is 0.700. The van der Waals surface area contributed by atoms with E-state index >= 15 is 0 Å². The molecule has 5 heteroatoms. The molecule has 1 heterocycles. The van der Waals surface area contributed by atoms with Gasteiger partial charge >= 0.3 is 0 Å². The maximum Gasteiger partial charge on any atom is 0.143 e. The van der Waals surface area contributed by atoms with E-state index in [9.17, 15) is 0 Å². The van der Waals surface area contributed by atoms with Gasteiger partial charge in [0.15, 0.2) is 0 Å². The number of nitrogens with two attached hydrogens (primary N) is 1. The number of pyridine rings is 1. The van der Waals surface area contributed by atoms with E-state index in [1.165, 1.54) is 5.56 Å². The van der Waals surface area contributed by atoms with E-state index in [-0.39, 0.29) is 0 Å². The zero-order valence-corrected chi connectivity index (χ0v) is 14.0. The summed E-state index contributed by atoms with van der Waals surface area (Å²) in [5, 5.41) is 0. The molecule has 0 atom stereocenters. The molecular formula is C14H15Br2N3. The van der Waals surface area contributed by atoms with Crippen LogP contribution in [-0.2, 0) is 6.54 Å². The second-order valence-electron chi connectivity index (χ2n) is 4.46. The van der Waals surface area contributed by atoms with Crippen molar-refractivity contribution in [3.05, 3.63) is 50.5 Å². The maximum atomic E-state index is 5.84. The molecule has 1 aromatic heterocycles. The van der Waals surface area contributed by atoms with Gasteiger partial charge in [-0.05, 0) is 46.1 Å². The van der Waals surface area contributed by atoms with Crippen LogP contribution in [0.3, 0.4) is 0 Å². The van der Waals surface area contributed by atoms with E-state index < -0.39 is 0 Å². The Labute approximate surface area is 130 Å². The van der Waals surface area contributed by atoms with Gasteiger partial charge in [-0.25, -0.2) is 4.98 Å². The Morgan fingerprint density at radius 2 is 2.05 bits per heavy atom. The number of anilines is 2. The summed E-state index contributed by atoms with van der Waals surface area (Å²) in [6.07, 6.45) is 1.70. The van der Waals surface area contributed by atoms with E-state index in [4.69, 9.17) is 5.73 Å². The molecule has 1 aromatic carbocycles. The molecule has 3 nitrogen and oxygen atoms in total. The van der Waals surface area contributed by atoms with Gasteiger partial charge in [-0.1, -0.05) is 28.1 Å². The minimum Gasteiger partial charge on any atom is -0.397 e. The van der Waals surface area contributed by atoms with Crippen LogP contribution < -0.4 is 10.6 Å². The van der Waals surface area contributed by atoms with Crippen LogP contribution in [0.4, 0.5) is 11.5 Å². The lowest BCUT2D eigenvalue weighted by Gasteiger charge is -2.21. The number of hydrogen-bond donors (Lipinski definition) is 1. The van der Waals surface area contributed by atoms with Crippen molar-refractivity contribution in [2.75, 3.05) is 17.7 Å². The van der Waals surface area contributed by atoms with Crippen LogP contribution in [0.25, 0.3) is 0 Å². The van der Waals surface area contributed by atoms with Crippen LogP contribution in [0, 0.1) is 6.92 Å². The highest BCUT2D eigenvalue weighted by atomic mass is 79.9. The quantitative estimate of drug-likeness (QED) is 0.864. The van der Waals surface area contributed by atoms with Crippen LogP contribution in [0.2, 0.25) is 0 Å². The van der Waals surface area contributed by atoms with Crippen LogP contribution in [0.1, 0.15) is 11.1 Å². The van der Waals surface area contributed by atoms with Gasteiger partial charge < -0.3 is 10.6 Å². The molecule has 2 aromatic rings. The van der Waals surface area contributed by atoms with Gasteiger partial charge in [0.05, 0.1) is 16.4 Å². The fraction of sp³-hybridized carbons (Fsp3) is 0.214. The van der Waals surface area contributed by atoms with E-state index in [0.717, 1.165) is 26.9 Å². The normalized spacial score (nSPS) is 10.5. The molecule has 0 aliphatic heterocycles. The molecule has 100 valence electrons. The molecule has 0 radical (unpaired) electrons. The minimum atomic E-state index is 0.700. The Kier molecular flexibility index (Phi) is 4.47. The van der Waals surface area contributed by atoms with Crippen LogP contribution in [0.5, 0.6) is 0 Å². The van der Waals surface area contributed by atoms with Gasteiger partial charge in [-0.3, -0.25) is 0 Å². The lowest BCUT2D eigenvalue weighted by atomic mass is 10.2. The monoisotopic (exact) mass is 383 g/mol. The van der Waals surface area contributed by atoms with E-state index in [1.807, 2.05) is 26.1 Å². The Balaban J connectivity index is 2.25. The zero-order chi connectivity index (χ0) is 14.0. The molecule has 19 heavy (non-hydrogen) atoms. The van der Waals surface area contributed by atoms with Crippen LogP contribution in [0.15, 0.2) is 39.4 Å². The second kappa shape index (κ2) is 5.92. The molecule has 0 fully saturated rings. The first-order valence-corrected chi connectivity index (χ1v) is 7.44. The summed E-state index contributed by atoms with van der Waals surface area (Å²) in [5.41, 5.74) is 8.79. The molecule has 0 saturated heterocycles. The van der Waals surface area contributed by atoms with Gasteiger partial charge in [0, 0.05) is 18.1 Å². The Morgan fingerprint density at radius 1 is 1.32 bits per heavy atom. The molecular weight excluding hydrogens is 370 g/mol. The number of hydrogen-bond acceptors (Lipinski definition) is 3. The molecule has 0 amide bonds. The molecule has 0 spiro atoms. The van der Waals surface area contributed by atoms with Crippen molar-refractivity contribution in [2.45, 2.75) is 13.5 Å². The molecule has 0 aliphatic carbocycles. The SMILES string of the molecule is Cc1c(N)cnc(N(C)Cc2cccc(Br)c2)c1Br. The third-order valence-electron chi connectivity index (χ3n) is 2.95. The average molecular weight is 385 g/mol. The first-order valence-electron chi connectivity index (χ1n) is 5.85. The average Bonchev–Trinajstić information content (AvgIpc) is 2.36. The highest BCUT2D eigenvalue weighted by molar-refractivity contribution is 9.11. The lowest BCUT2D eigenvalue weighted by molar-refractivity contribution is 0.892. The molecule has 0 unspecified atom stereocenters. The summed E-state index contributed by atoms with van der Waals surface area (Å²) in [6.45, 7) is 2.77. The fourth-order valence-corrected chi connectivity index (χ4v) is 2.91. The molecule has 2 N–H and O–H groups in total. The second-order valence-corrected chi connectivity index (χ2v) is 6.17. The first-order chi connectivity index (χ1) is 8.99. The van der Waals surface area contributed by atoms with Gasteiger partial charge in [-0.2, -0.15) is 0 Å². The number of nitrogens with zero attached hydrogens (tertiary/aromatic N) is 2. The Bertz CT molecular complexity index is 599. The number of nitrogen functional groups attached to an aromatic ring is 1. The summed E-state index contributed by atoms with van der Waals surface area (Å²) in [6, 6.07) is 8.25. The summed E-state index contributed by atoms with van der Waals surface area (Å²) in [4.78, 5) is 6.50. The maximum absolute atomic E-state index is 5.84. The van der Waals surface area contributed by atoms with Crippen LogP contribution in [-0.4, -0.2) is 12.0 Å². The summed E-state index contributed by atoms with van der Waals surface area (Å²) in [5.74, 6) is 0.895. The fourth-order valence-electron chi connectivity index (χ4n) is 1.83. The van der Waals surface area contributed by atoms with E-state index in [1.54, 1.807) is 6.20 Å². The van der Waals surface area contributed by atoms with Crippen molar-refractivity contribution in [3.63, 3.8) is 0 Å². The lowest BCUT2D eigenvalue weighted by Crippen LogP contribution is -2.18. The Hall–Kier alpha value is -1.07. The standard InChI is InChI=1S/C14H15Br2N3/c1-9-12(17)7-18-14(13(9)16)19(2)8-10-4-3-5-11(15)6-10/h3-7H,8,17H2,1-2H3. The third kappa shape index (κ3) is 3.28. The summed E-state index contributed by atoms with van der Waals surface area (Å²) < 4.78 is 2.03. The van der Waals surface area contributed by atoms with Crippen molar-refractivity contribution in [1.82, 2.24) is 4.98 Å². The smallest absolute Gasteiger partial charge is 0.143 e. The predicted octanol–water partition coefficient (Wildman–Crippen LogP) is 4.13. The number of halogens is 2.